The van der Waals surface area contributed by atoms with Crippen LogP contribution in [0.2, 0.25) is 0 Å². The number of aryl methyl sites for hydroxylation is 1. The summed E-state index contributed by atoms with van der Waals surface area (Å²) in [5, 5.41) is 8.60. The Bertz CT molecular complexity index is 1790. The van der Waals surface area contributed by atoms with E-state index in [9.17, 15) is 17.8 Å². The van der Waals surface area contributed by atoms with Crippen LogP contribution in [0.4, 0.5) is 39.8 Å². The van der Waals surface area contributed by atoms with Crippen LogP contribution in [0.1, 0.15) is 15.9 Å². The molecule has 0 aliphatic carbocycles. The van der Waals surface area contributed by atoms with Crippen LogP contribution >= 0.6 is 0 Å². The van der Waals surface area contributed by atoms with Gasteiger partial charge in [-0.25, -0.2) is 0 Å². The Morgan fingerprint density at radius 3 is 1.69 bits per heavy atom. The topological polar surface area (TPSA) is 115 Å². The van der Waals surface area contributed by atoms with Crippen LogP contribution in [-0.2, 0) is 10.1 Å². The Labute approximate surface area is 245 Å². The van der Waals surface area contributed by atoms with E-state index in [-0.39, 0.29) is 5.56 Å². The summed E-state index contributed by atoms with van der Waals surface area (Å²) in [6.07, 6.45) is 0. The molecule has 0 bridgehead atoms. The van der Waals surface area contributed by atoms with E-state index in [2.05, 4.69) is 28.1 Å². The van der Waals surface area contributed by atoms with Gasteiger partial charge in [0.05, 0.1) is 5.56 Å². The van der Waals surface area contributed by atoms with Gasteiger partial charge in [-0.3, -0.25) is 19.6 Å². The van der Waals surface area contributed by atoms with Crippen LogP contribution in [0.25, 0.3) is 0 Å². The molecule has 8 nitrogen and oxygen atoms in total. The molecule has 0 atom stereocenters. The maximum atomic E-state index is 13.8. The predicted octanol–water partition coefficient (Wildman–Crippen LogP) is 6.53. The molecule has 0 radical (unpaired) electrons. The summed E-state index contributed by atoms with van der Waals surface area (Å²) in [6.45, 7) is 1.94. The van der Waals surface area contributed by atoms with Gasteiger partial charge in [0.25, 0.3) is 16.0 Å². The molecule has 0 aliphatic heterocycles. The van der Waals surface area contributed by atoms with E-state index in [1.807, 2.05) is 74.6 Å². The number of hydrogen-bond acceptors (Lipinski definition) is 5. The first-order valence-corrected chi connectivity index (χ1v) is 14.7. The second kappa shape index (κ2) is 12.3. The normalized spacial score (nSPS) is 11.1. The third-order valence-corrected chi connectivity index (χ3v) is 7.66. The summed E-state index contributed by atoms with van der Waals surface area (Å²) < 4.78 is 33.8. The molecule has 0 aliphatic rings. The monoisotopic (exact) mass is 579 g/mol. The van der Waals surface area contributed by atoms with Crippen molar-refractivity contribution in [1.82, 2.24) is 0 Å². The molecular formula is C33H31N4O4S+. The van der Waals surface area contributed by atoms with Crippen molar-refractivity contribution in [2.24, 2.45) is 0 Å². The molecule has 42 heavy (non-hydrogen) atoms. The van der Waals surface area contributed by atoms with E-state index < -0.39 is 20.9 Å². The van der Waals surface area contributed by atoms with Crippen molar-refractivity contribution in [2.75, 3.05) is 22.6 Å². The number of quaternary nitrogens is 1. The molecule has 0 saturated heterocycles. The van der Waals surface area contributed by atoms with E-state index in [1.54, 1.807) is 30.3 Å². The number of hydrogen-bond donors (Lipinski definition) is 4. The number of benzene rings is 5. The van der Waals surface area contributed by atoms with E-state index in [4.69, 9.17) is 0 Å². The van der Waals surface area contributed by atoms with Crippen LogP contribution in [0, 0.1) is 6.92 Å². The number of nitrogens with one attached hydrogen (secondary N) is 2. The fraction of sp³-hybridized carbons (Fsp3) is 0.0606. The second-order valence-electron chi connectivity index (χ2n) is 9.76. The Hall–Kier alpha value is -4.96. The van der Waals surface area contributed by atoms with Crippen molar-refractivity contribution < 1.29 is 23.1 Å². The number of anilines is 5. The average molecular weight is 580 g/mol. The Morgan fingerprint density at radius 1 is 0.690 bits per heavy atom. The zero-order valence-electron chi connectivity index (χ0n) is 23.2. The lowest BCUT2D eigenvalue weighted by Crippen LogP contribution is -2.70. The highest BCUT2D eigenvalue weighted by Gasteiger charge is 2.26. The van der Waals surface area contributed by atoms with E-state index in [0.29, 0.717) is 11.4 Å². The summed E-state index contributed by atoms with van der Waals surface area (Å²) in [4.78, 5) is 14.8. The Balaban J connectivity index is 1.37. The fourth-order valence-corrected chi connectivity index (χ4v) is 5.21. The van der Waals surface area contributed by atoms with Crippen LogP contribution in [0.3, 0.4) is 0 Å². The Morgan fingerprint density at radius 2 is 1.17 bits per heavy atom. The first-order chi connectivity index (χ1) is 20.2. The van der Waals surface area contributed by atoms with E-state index in [1.165, 1.54) is 23.1 Å². The van der Waals surface area contributed by atoms with Crippen LogP contribution in [0.15, 0.2) is 126 Å². The molecule has 0 aromatic heterocycles. The zero-order chi connectivity index (χ0) is 29.7. The number of nitrogens with two attached hydrogens (primary N) is 1. The van der Waals surface area contributed by atoms with Gasteiger partial charge in [0, 0.05) is 59.8 Å². The molecule has 5 aromatic rings. The lowest BCUT2D eigenvalue weighted by atomic mass is 10.1. The van der Waals surface area contributed by atoms with Gasteiger partial charge < -0.3 is 10.6 Å². The zero-order valence-corrected chi connectivity index (χ0v) is 24.0. The van der Waals surface area contributed by atoms with Crippen LogP contribution in [0.5, 0.6) is 0 Å². The first kappa shape index (κ1) is 28.6. The molecule has 0 heterocycles. The molecule has 5 aromatic carbocycles. The summed E-state index contributed by atoms with van der Waals surface area (Å²) in [5.74, 6) is -0.583. The van der Waals surface area contributed by atoms with Crippen molar-refractivity contribution in [1.29, 1.82) is 0 Å². The molecule has 0 fully saturated rings. The predicted molar refractivity (Wildman–Crippen MR) is 167 cm³/mol. The van der Waals surface area contributed by atoms with Crippen LogP contribution < -0.4 is 20.9 Å². The highest BCUT2D eigenvalue weighted by atomic mass is 32.2. The second-order valence-corrected chi connectivity index (χ2v) is 11.1. The Kier molecular flexibility index (Phi) is 8.35. The molecular weight excluding hydrogens is 548 g/mol. The largest absolute Gasteiger partial charge is 0.388 e. The van der Waals surface area contributed by atoms with Crippen molar-refractivity contribution in [2.45, 2.75) is 11.8 Å². The first-order valence-electron chi connectivity index (χ1n) is 13.3. The van der Waals surface area contributed by atoms with Gasteiger partial charge in [-0.15, -0.1) is 0 Å². The standard InChI is InChI=1S/C33H30N4O4S/c1-23-7-19-29(20-8-23)37(33(38)31-5-3-4-6-32(31)42(39,40)41)30-21-17-28(18-22-30)36-27-15-13-26(14-16-27)35-25-11-9-24(34-2)10-12-25/h3-22,34-36H,1-2H3,(H,39,40,41)/p+1. The lowest BCUT2D eigenvalue weighted by molar-refractivity contribution is -0.478. The minimum atomic E-state index is -4.61. The number of carbonyl (C=O) groups is 1. The third kappa shape index (κ3) is 6.67. The van der Waals surface area contributed by atoms with Crippen LogP contribution in [-0.4, -0.2) is 25.9 Å². The maximum absolute atomic E-state index is 13.8. The van der Waals surface area contributed by atoms with Crippen molar-refractivity contribution >= 4 is 55.8 Å². The molecule has 9 heteroatoms. The van der Waals surface area contributed by atoms with E-state index in [0.717, 1.165) is 34.0 Å². The van der Waals surface area contributed by atoms with Gasteiger partial charge in [-0.2, -0.15) is 8.42 Å². The summed E-state index contributed by atoms with van der Waals surface area (Å²) in [6, 6.07) is 36.5. The highest BCUT2D eigenvalue weighted by Crippen LogP contribution is 2.31. The smallest absolute Gasteiger partial charge is 0.295 e. The third-order valence-electron chi connectivity index (χ3n) is 6.75. The maximum Gasteiger partial charge on any atom is 0.295 e. The minimum Gasteiger partial charge on any atom is -0.388 e. The number of amides is 1. The SMILES string of the molecule is CNc1ccc([NH2+]c2ccc(Nc3ccc(N(C(=O)c4ccccc4S(=O)(=O)O)c4ccc(C)cc4)cc3)cc2)cc1. The molecule has 0 spiro atoms. The van der Waals surface area contributed by atoms with Crippen molar-refractivity contribution in [3.63, 3.8) is 0 Å². The highest BCUT2D eigenvalue weighted by molar-refractivity contribution is 7.86. The van der Waals surface area contributed by atoms with Gasteiger partial charge in [0.1, 0.15) is 16.3 Å². The molecule has 0 unspecified atom stereocenters. The fourth-order valence-electron chi connectivity index (χ4n) is 4.53. The van der Waals surface area contributed by atoms with E-state index >= 15 is 0 Å². The van der Waals surface area contributed by atoms with Gasteiger partial charge in [-0.1, -0.05) is 29.8 Å². The number of nitrogens with zero attached hydrogens (tertiary/aromatic N) is 1. The molecule has 5 rings (SSSR count). The van der Waals surface area contributed by atoms with Gasteiger partial charge in [-0.05, 0) is 79.7 Å². The molecule has 0 saturated carbocycles. The molecule has 1 amide bonds. The number of carbonyl (C=O) groups excluding carboxylic acids is 1. The lowest BCUT2D eigenvalue weighted by Gasteiger charge is -2.24. The van der Waals surface area contributed by atoms with Gasteiger partial charge in [0.15, 0.2) is 0 Å². The summed E-state index contributed by atoms with van der Waals surface area (Å²) in [5.41, 5.74) is 6.94. The van der Waals surface area contributed by atoms with Gasteiger partial charge >= 0.3 is 0 Å². The van der Waals surface area contributed by atoms with Crippen molar-refractivity contribution in [3.05, 3.63) is 132 Å². The molecule has 212 valence electrons. The quantitative estimate of drug-likeness (QED) is 0.117. The summed E-state index contributed by atoms with van der Waals surface area (Å²) >= 11 is 0. The average Bonchev–Trinajstić information content (AvgIpc) is 3.00. The molecule has 5 N–H and O–H groups in total. The van der Waals surface area contributed by atoms with Gasteiger partial charge in [0.2, 0.25) is 0 Å². The summed E-state index contributed by atoms with van der Waals surface area (Å²) in [7, 11) is -2.72. The van der Waals surface area contributed by atoms with Crippen molar-refractivity contribution in [3.8, 4) is 0 Å². The minimum absolute atomic E-state index is 0.127. The number of rotatable bonds is 9.